The summed E-state index contributed by atoms with van der Waals surface area (Å²) in [5, 5.41) is 2.99. The molecule has 1 fully saturated rings. The number of rotatable bonds is 5. The van der Waals surface area contributed by atoms with Gasteiger partial charge in [-0.05, 0) is 12.5 Å². The van der Waals surface area contributed by atoms with E-state index >= 15 is 0 Å². The van der Waals surface area contributed by atoms with Crippen molar-refractivity contribution in [2.45, 2.75) is 13.5 Å². The Morgan fingerprint density at radius 1 is 1.12 bits per heavy atom. The van der Waals surface area contributed by atoms with Gasteiger partial charge >= 0.3 is 0 Å². The van der Waals surface area contributed by atoms with Crippen LogP contribution in [0.3, 0.4) is 0 Å². The Bertz CT molecular complexity index is 651. The third-order valence-corrected chi connectivity index (χ3v) is 4.22. The lowest BCUT2D eigenvalue weighted by Gasteiger charge is -2.34. The molecule has 0 saturated carbocycles. The van der Waals surface area contributed by atoms with E-state index < -0.39 is 0 Å². The molecule has 1 amide bonds. The van der Waals surface area contributed by atoms with E-state index in [9.17, 15) is 4.79 Å². The summed E-state index contributed by atoms with van der Waals surface area (Å²) in [6.07, 6.45) is 5.17. The van der Waals surface area contributed by atoms with Crippen molar-refractivity contribution in [2.24, 2.45) is 0 Å². The van der Waals surface area contributed by atoms with E-state index in [1.807, 2.05) is 0 Å². The van der Waals surface area contributed by atoms with Crippen LogP contribution in [0.15, 0.2) is 42.9 Å². The minimum atomic E-state index is 0.0727. The summed E-state index contributed by atoms with van der Waals surface area (Å²) in [5.41, 5.74) is 2.35. The van der Waals surface area contributed by atoms with Crippen LogP contribution >= 0.6 is 0 Å². The lowest BCUT2D eigenvalue weighted by atomic mass is 10.1. The molecule has 0 atom stereocenters. The van der Waals surface area contributed by atoms with E-state index in [4.69, 9.17) is 0 Å². The number of piperazine rings is 1. The molecule has 1 aromatic carbocycles. The average Bonchev–Trinajstić information content (AvgIpc) is 2.63. The second-order valence-electron chi connectivity index (χ2n) is 6.09. The summed E-state index contributed by atoms with van der Waals surface area (Å²) < 4.78 is 0. The number of aromatic nitrogens is 2. The molecule has 2 heterocycles. The van der Waals surface area contributed by atoms with Gasteiger partial charge in [0.15, 0.2) is 0 Å². The molecule has 3 rings (SSSR count). The largest absolute Gasteiger partial charge is 0.353 e. The van der Waals surface area contributed by atoms with Gasteiger partial charge in [0.2, 0.25) is 5.91 Å². The number of aryl methyl sites for hydroxylation is 1. The van der Waals surface area contributed by atoms with Crippen LogP contribution in [0.1, 0.15) is 11.1 Å². The van der Waals surface area contributed by atoms with Crippen LogP contribution in [0.4, 0.5) is 5.82 Å². The molecule has 24 heavy (non-hydrogen) atoms. The van der Waals surface area contributed by atoms with Crippen molar-refractivity contribution >= 4 is 11.7 Å². The van der Waals surface area contributed by atoms with Crippen LogP contribution in [0.2, 0.25) is 0 Å². The Kier molecular flexibility index (Phi) is 5.38. The van der Waals surface area contributed by atoms with Gasteiger partial charge in [0.25, 0.3) is 0 Å². The Balaban J connectivity index is 1.41. The van der Waals surface area contributed by atoms with Crippen LogP contribution in [-0.4, -0.2) is 53.5 Å². The molecule has 1 aliphatic rings. The molecule has 1 N–H and O–H groups in total. The number of carbonyl (C=O) groups is 1. The van der Waals surface area contributed by atoms with Gasteiger partial charge < -0.3 is 10.2 Å². The molecule has 1 aromatic heterocycles. The van der Waals surface area contributed by atoms with Crippen LogP contribution in [0.25, 0.3) is 0 Å². The fourth-order valence-corrected chi connectivity index (χ4v) is 2.76. The maximum atomic E-state index is 12.1. The molecule has 0 radical (unpaired) electrons. The third kappa shape index (κ3) is 4.52. The van der Waals surface area contributed by atoms with Gasteiger partial charge in [0.05, 0.1) is 12.7 Å². The highest BCUT2D eigenvalue weighted by Gasteiger charge is 2.19. The van der Waals surface area contributed by atoms with Crippen molar-refractivity contribution in [3.05, 3.63) is 54.0 Å². The smallest absolute Gasteiger partial charge is 0.234 e. The SMILES string of the molecule is Cc1ccc(CNC(=O)CN2CCN(c3cnccn3)CC2)cc1. The fourth-order valence-electron chi connectivity index (χ4n) is 2.76. The highest BCUT2D eigenvalue weighted by atomic mass is 16.2. The summed E-state index contributed by atoms with van der Waals surface area (Å²) in [5.74, 6) is 0.976. The highest BCUT2D eigenvalue weighted by molar-refractivity contribution is 5.78. The van der Waals surface area contributed by atoms with E-state index in [1.54, 1.807) is 18.6 Å². The van der Waals surface area contributed by atoms with Gasteiger partial charge in [0.1, 0.15) is 5.82 Å². The zero-order chi connectivity index (χ0) is 16.8. The van der Waals surface area contributed by atoms with E-state index in [1.165, 1.54) is 5.56 Å². The first kappa shape index (κ1) is 16.4. The van der Waals surface area contributed by atoms with Crippen molar-refractivity contribution < 1.29 is 4.79 Å². The average molecular weight is 325 g/mol. The van der Waals surface area contributed by atoms with Crippen LogP contribution in [-0.2, 0) is 11.3 Å². The Morgan fingerprint density at radius 3 is 2.54 bits per heavy atom. The van der Waals surface area contributed by atoms with Crippen LogP contribution in [0.5, 0.6) is 0 Å². The lowest BCUT2D eigenvalue weighted by molar-refractivity contribution is -0.122. The van der Waals surface area contributed by atoms with Gasteiger partial charge in [-0.3, -0.25) is 14.7 Å². The molecule has 0 bridgehead atoms. The summed E-state index contributed by atoms with van der Waals surface area (Å²) in [4.78, 5) is 24.9. The number of carbonyl (C=O) groups excluding carboxylic acids is 1. The normalized spacial score (nSPS) is 15.3. The number of nitrogens with zero attached hydrogens (tertiary/aromatic N) is 4. The minimum absolute atomic E-state index is 0.0727. The van der Waals surface area contributed by atoms with E-state index in [0.717, 1.165) is 37.6 Å². The van der Waals surface area contributed by atoms with E-state index in [0.29, 0.717) is 13.1 Å². The van der Waals surface area contributed by atoms with Gasteiger partial charge in [-0.25, -0.2) is 4.98 Å². The van der Waals surface area contributed by atoms with Gasteiger partial charge in [-0.15, -0.1) is 0 Å². The standard InChI is InChI=1S/C18H23N5O/c1-15-2-4-16(5-3-15)12-21-18(24)14-22-8-10-23(11-9-22)17-13-19-6-7-20-17/h2-7,13H,8-12,14H2,1H3,(H,21,24). The zero-order valence-corrected chi connectivity index (χ0v) is 14.0. The predicted molar refractivity (Wildman–Crippen MR) is 93.7 cm³/mol. The first-order chi connectivity index (χ1) is 11.7. The van der Waals surface area contributed by atoms with Crippen molar-refractivity contribution in [3.63, 3.8) is 0 Å². The van der Waals surface area contributed by atoms with Crippen LogP contribution < -0.4 is 10.2 Å². The van der Waals surface area contributed by atoms with Crippen molar-refractivity contribution in [3.8, 4) is 0 Å². The number of hydrogen-bond donors (Lipinski definition) is 1. The number of amides is 1. The molecular formula is C18H23N5O. The van der Waals surface area contributed by atoms with Gasteiger partial charge in [0, 0.05) is 45.1 Å². The maximum absolute atomic E-state index is 12.1. The molecule has 2 aromatic rings. The second kappa shape index (κ2) is 7.88. The number of benzene rings is 1. The van der Waals surface area contributed by atoms with E-state index in [-0.39, 0.29) is 5.91 Å². The first-order valence-electron chi connectivity index (χ1n) is 8.26. The molecule has 126 valence electrons. The first-order valence-corrected chi connectivity index (χ1v) is 8.26. The van der Waals surface area contributed by atoms with Crippen molar-refractivity contribution in [1.29, 1.82) is 0 Å². The Labute approximate surface area is 142 Å². The van der Waals surface area contributed by atoms with E-state index in [2.05, 4.69) is 56.3 Å². The number of anilines is 1. The van der Waals surface area contributed by atoms with Crippen LogP contribution in [0, 0.1) is 6.92 Å². The van der Waals surface area contributed by atoms with Gasteiger partial charge in [-0.2, -0.15) is 0 Å². The molecular weight excluding hydrogens is 302 g/mol. The summed E-state index contributed by atoms with van der Waals surface area (Å²) >= 11 is 0. The Morgan fingerprint density at radius 2 is 1.88 bits per heavy atom. The maximum Gasteiger partial charge on any atom is 0.234 e. The molecule has 0 spiro atoms. The number of hydrogen-bond acceptors (Lipinski definition) is 5. The fraction of sp³-hybridized carbons (Fsp3) is 0.389. The molecule has 0 aliphatic carbocycles. The second-order valence-corrected chi connectivity index (χ2v) is 6.09. The van der Waals surface area contributed by atoms with Crippen molar-refractivity contribution in [1.82, 2.24) is 20.2 Å². The highest BCUT2D eigenvalue weighted by Crippen LogP contribution is 2.11. The Hall–Kier alpha value is -2.47. The summed E-state index contributed by atoms with van der Waals surface area (Å²) in [6.45, 7) is 6.53. The summed E-state index contributed by atoms with van der Waals surface area (Å²) in [7, 11) is 0. The summed E-state index contributed by atoms with van der Waals surface area (Å²) in [6, 6.07) is 8.23. The third-order valence-electron chi connectivity index (χ3n) is 4.22. The molecule has 6 heteroatoms. The zero-order valence-electron chi connectivity index (χ0n) is 14.0. The lowest BCUT2D eigenvalue weighted by Crippen LogP contribution is -2.49. The minimum Gasteiger partial charge on any atom is -0.353 e. The molecule has 6 nitrogen and oxygen atoms in total. The number of nitrogens with one attached hydrogen (secondary N) is 1. The predicted octanol–water partition coefficient (Wildman–Crippen LogP) is 1.22. The van der Waals surface area contributed by atoms with Crippen molar-refractivity contribution in [2.75, 3.05) is 37.6 Å². The van der Waals surface area contributed by atoms with Gasteiger partial charge in [-0.1, -0.05) is 29.8 Å². The molecule has 1 saturated heterocycles. The topological polar surface area (TPSA) is 61.4 Å². The molecule has 1 aliphatic heterocycles. The quantitative estimate of drug-likeness (QED) is 0.896. The monoisotopic (exact) mass is 325 g/mol. The molecule has 0 unspecified atom stereocenters.